The van der Waals surface area contributed by atoms with Crippen LogP contribution in [0.25, 0.3) is 0 Å². The third kappa shape index (κ3) is 1.45. The topological polar surface area (TPSA) is 3.24 Å². The number of allylic oxidation sites excluding steroid dienone is 5. The van der Waals surface area contributed by atoms with E-state index in [1.807, 2.05) is 43.3 Å². The van der Waals surface area contributed by atoms with Gasteiger partial charge in [0.25, 0.3) is 0 Å². The molecule has 1 aliphatic carbocycles. The highest BCUT2D eigenvalue weighted by Gasteiger charge is 2.00. The van der Waals surface area contributed by atoms with Crippen LogP contribution in [-0.4, -0.2) is 19.0 Å². The molecule has 2 heteroatoms. The molecule has 0 radical (unpaired) electrons. The van der Waals surface area contributed by atoms with E-state index in [4.69, 9.17) is 0 Å². The zero-order valence-electron chi connectivity index (χ0n) is 6.20. The van der Waals surface area contributed by atoms with Gasteiger partial charge in [0.05, 0.1) is 5.03 Å². The fourth-order valence-corrected chi connectivity index (χ4v) is 0.930. The van der Waals surface area contributed by atoms with E-state index in [0.717, 1.165) is 5.03 Å². The molecule has 1 rings (SSSR count). The van der Waals surface area contributed by atoms with Gasteiger partial charge in [0, 0.05) is 19.7 Å². The molecule has 0 amide bonds. The van der Waals surface area contributed by atoms with Gasteiger partial charge in [-0.3, -0.25) is 0 Å². The van der Waals surface area contributed by atoms with Crippen LogP contribution in [0.2, 0.25) is 0 Å². The van der Waals surface area contributed by atoms with Gasteiger partial charge >= 0.3 is 0 Å². The predicted octanol–water partition coefficient (Wildman–Crippen LogP) is 1.82. The number of hydrogen-bond acceptors (Lipinski definition) is 2. The van der Waals surface area contributed by atoms with Gasteiger partial charge in [-0.1, -0.05) is 24.3 Å². The lowest BCUT2D eigenvalue weighted by Gasteiger charge is -2.12. The second-order valence-corrected chi connectivity index (χ2v) is 2.82. The molecule has 10 heavy (non-hydrogen) atoms. The zero-order chi connectivity index (χ0) is 7.56. The fraction of sp³-hybridized carbons (Fsp3) is 0.250. The van der Waals surface area contributed by atoms with Crippen LogP contribution < -0.4 is 0 Å². The molecule has 0 saturated carbocycles. The molecule has 1 aliphatic rings. The van der Waals surface area contributed by atoms with E-state index >= 15 is 0 Å². The second kappa shape index (κ2) is 2.97. The SMILES string of the molecule is CN(C)C(S)=C1C=CC=C1. The van der Waals surface area contributed by atoms with Crippen molar-refractivity contribution in [2.75, 3.05) is 14.1 Å². The summed E-state index contributed by atoms with van der Waals surface area (Å²) in [6, 6.07) is 0. The van der Waals surface area contributed by atoms with Crippen LogP contribution in [0.1, 0.15) is 0 Å². The largest absolute Gasteiger partial charge is 0.372 e. The molecular formula is C8H11NS. The van der Waals surface area contributed by atoms with E-state index in [1.165, 1.54) is 5.57 Å². The Bertz CT molecular complexity index is 197. The molecule has 0 fully saturated rings. The minimum Gasteiger partial charge on any atom is -0.372 e. The third-order valence-corrected chi connectivity index (χ3v) is 2.00. The molecule has 0 aromatic heterocycles. The van der Waals surface area contributed by atoms with Crippen LogP contribution in [0.5, 0.6) is 0 Å². The summed E-state index contributed by atoms with van der Waals surface area (Å²) in [5.74, 6) is 0. The number of nitrogens with zero attached hydrogens (tertiary/aromatic N) is 1. The van der Waals surface area contributed by atoms with Crippen LogP contribution in [0.4, 0.5) is 0 Å². The highest BCUT2D eigenvalue weighted by atomic mass is 32.1. The van der Waals surface area contributed by atoms with Gasteiger partial charge in [0.1, 0.15) is 0 Å². The maximum absolute atomic E-state index is 4.32. The van der Waals surface area contributed by atoms with E-state index < -0.39 is 0 Å². The summed E-state index contributed by atoms with van der Waals surface area (Å²) in [6.07, 6.45) is 8.11. The summed E-state index contributed by atoms with van der Waals surface area (Å²) < 4.78 is 0. The second-order valence-electron chi connectivity index (χ2n) is 2.39. The summed E-state index contributed by atoms with van der Waals surface area (Å²) in [4.78, 5) is 1.98. The van der Waals surface area contributed by atoms with E-state index in [9.17, 15) is 0 Å². The predicted molar refractivity (Wildman–Crippen MR) is 48.0 cm³/mol. The summed E-state index contributed by atoms with van der Waals surface area (Å²) >= 11 is 4.32. The van der Waals surface area contributed by atoms with Crippen LogP contribution in [-0.2, 0) is 0 Å². The van der Waals surface area contributed by atoms with Gasteiger partial charge in [-0.2, -0.15) is 0 Å². The number of rotatable bonds is 1. The smallest absolute Gasteiger partial charge is 0.0745 e. The average molecular weight is 153 g/mol. The van der Waals surface area contributed by atoms with Crippen LogP contribution in [0.3, 0.4) is 0 Å². The normalized spacial score (nSPS) is 14.5. The minimum atomic E-state index is 1.00. The highest BCUT2D eigenvalue weighted by molar-refractivity contribution is 7.84. The molecule has 0 aromatic rings. The Morgan fingerprint density at radius 1 is 1.30 bits per heavy atom. The van der Waals surface area contributed by atoms with Crippen molar-refractivity contribution in [2.24, 2.45) is 0 Å². The van der Waals surface area contributed by atoms with Crippen molar-refractivity contribution in [3.8, 4) is 0 Å². The van der Waals surface area contributed by atoms with Gasteiger partial charge in [-0.05, 0) is 0 Å². The lowest BCUT2D eigenvalue weighted by atomic mass is 10.3. The molecule has 0 saturated heterocycles. The Morgan fingerprint density at radius 2 is 1.80 bits per heavy atom. The van der Waals surface area contributed by atoms with E-state index in [1.54, 1.807) is 0 Å². The monoisotopic (exact) mass is 153 g/mol. The van der Waals surface area contributed by atoms with Crippen molar-refractivity contribution < 1.29 is 0 Å². The van der Waals surface area contributed by atoms with Crippen molar-refractivity contribution in [2.45, 2.75) is 0 Å². The summed E-state index contributed by atoms with van der Waals surface area (Å²) in [6.45, 7) is 0. The molecule has 0 atom stereocenters. The molecule has 0 aromatic carbocycles. The van der Waals surface area contributed by atoms with Crippen molar-refractivity contribution >= 4 is 12.6 Å². The Labute approximate surface area is 67.1 Å². The third-order valence-electron chi connectivity index (χ3n) is 1.34. The van der Waals surface area contributed by atoms with Crippen LogP contribution >= 0.6 is 12.6 Å². The first kappa shape index (κ1) is 7.48. The van der Waals surface area contributed by atoms with Crippen molar-refractivity contribution in [3.63, 3.8) is 0 Å². The Hall–Kier alpha value is -0.630. The number of hydrogen-bond donors (Lipinski definition) is 1. The lowest BCUT2D eigenvalue weighted by molar-refractivity contribution is 0.549. The first-order valence-corrected chi connectivity index (χ1v) is 3.62. The minimum absolute atomic E-state index is 1.00. The first-order chi connectivity index (χ1) is 4.72. The standard InChI is InChI=1S/C8H11NS/c1-9(2)8(10)7-5-3-4-6-7/h3-6,10H,1-2H3. The molecule has 0 N–H and O–H groups in total. The van der Waals surface area contributed by atoms with E-state index in [-0.39, 0.29) is 0 Å². The molecule has 54 valence electrons. The zero-order valence-corrected chi connectivity index (χ0v) is 7.10. The summed E-state index contributed by atoms with van der Waals surface area (Å²) in [5, 5.41) is 1.00. The number of thiol groups is 1. The Balaban J connectivity index is 2.85. The molecule has 0 bridgehead atoms. The maximum atomic E-state index is 4.32. The van der Waals surface area contributed by atoms with E-state index in [0.29, 0.717) is 0 Å². The van der Waals surface area contributed by atoms with Crippen molar-refractivity contribution in [1.29, 1.82) is 0 Å². The van der Waals surface area contributed by atoms with Crippen molar-refractivity contribution in [3.05, 3.63) is 34.9 Å². The highest BCUT2D eigenvalue weighted by Crippen LogP contribution is 2.17. The molecule has 0 aliphatic heterocycles. The summed E-state index contributed by atoms with van der Waals surface area (Å²) in [7, 11) is 3.96. The van der Waals surface area contributed by atoms with Crippen molar-refractivity contribution in [1.82, 2.24) is 4.90 Å². The quantitative estimate of drug-likeness (QED) is 0.562. The summed E-state index contributed by atoms with van der Waals surface area (Å²) in [5.41, 5.74) is 1.17. The average Bonchev–Trinajstić information content (AvgIpc) is 2.36. The Morgan fingerprint density at radius 3 is 2.20 bits per heavy atom. The fourth-order valence-electron chi connectivity index (χ4n) is 0.781. The van der Waals surface area contributed by atoms with Gasteiger partial charge < -0.3 is 4.90 Å². The lowest BCUT2D eigenvalue weighted by Crippen LogP contribution is -2.07. The van der Waals surface area contributed by atoms with Gasteiger partial charge in [0.15, 0.2) is 0 Å². The van der Waals surface area contributed by atoms with Gasteiger partial charge in [-0.15, -0.1) is 12.6 Å². The molecule has 0 spiro atoms. The van der Waals surface area contributed by atoms with Crippen LogP contribution in [0, 0.1) is 0 Å². The van der Waals surface area contributed by atoms with Gasteiger partial charge in [0.2, 0.25) is 0 Å². The Kier molecular flexibility index (Phi) is 2.22. The molecule has 0 heterocycles. The van der Waals surface area contributed by atoms with Crippen LogP contribution in [0.15, 0.2) is 34.9 Å². The molecular weight excluding hydrogens is 142 g/mol. The maximum Gasteiger partial charge on any atom is 0.0745 e. The van der Waals surface area contributed by atoms with E-state index in [2.05, 4.69) is 12.6 Å². The molecule has 0 unspecified atom stereocenters. The van der Waals surface area contributed by atoms with Gasteiger partial charge in [-0.25, -0.2) is 0 Å². The first-order valence-electron chi connectivity index (χ1n) is 3.17. The molecule has 1 nitrogen and oxygen atoms in total.